The number of benzene rings is 1. The summed E-state index contributed by atoms with van der Waals surface area (Å²) in [5.74, 6) is 11.8. The molecule has 28 heteroatoms. The van der Waals surface area contributed by atoms with E-state index in [1.165, 1.54) is 62.0 Å². The van der Waals surface area contributed by atoms with Crippen LogP contribution in [0.1, 0.15) is 95.6 Å². The number of methoxy groups -OCH3 is 4. The van der Waals surface area contributed by atoms with Crippen molar-refractivity contribution >= 4 is 78.4 Å². The summed E-state index contributed by atoms with van der Waals surface area (Å²) in [7, 11) is 8.66. The highest BCUT2D eigenvalue weighted by molar-refractivity contribution is 14.1. The standard InChI is InChI=1S/C63H83IN4O20S3/c1-13-66-38-29-81-43(27-42(38)77-9)86-55-50(73)48(68-88-44-26-39(70)57(34(6)82-44)90-59(75)45-31(3)47(64)53(56(80-12)52(45)78-10)87-60-51(74)54(79-11)49(72)33(5)84-60)32(4)83-61(55)85-41-20-16-14-15-17-22-63(76)28-40(71)35(25-30(2)69)46(41)36(63)21-24-89-91-62(7,8)37-19-18-23-67-58(37)65/h14-15,18-19,21,23,32-34,38-39,41-44,48-51,54-55,57,60-61,66,68,70,72-74,76H,13,24-29H2,1-12H3,(H2,65,67)/b15-14-,36-21+/t32-,33+,34-,38+,39+,41+,42+,43+,44+,48-,49+,50+,51-,54-,55-,57-,60+,61+,63+/m1/s1. The Bertz CT molecular complexity index is 3160. The first-order valence-electron chi connectivity index (χ1n) is 29.8. The second-order valence-electron chi connectivity index (χ2n) is 23.2. The fourth-order valence-electron chi connectivity index (χ4n) is 11.8. The molecule has 6 aliphatic rings. The molecule has 1 aromatic carbocycles. The van der Waals surface area contributed by atoms with Crippen LogP contribution in [0.3, 0.4) is 0 Å². The van der Waals surface area contributed by atoms with Crippen molar-refractivity contribution in [3.63, 3.8) is 0 Å². The van der Waals surface area contributed by atoms with E-state index >= 15 is 0 Å². The number of allylic oxidation sites excluding steroid dienone is 3. The van der Waals surface area contributed by atoms with Gasteiger partial charge in [0.25, 0.3) is 0 Å². The van der Waals surface area contributed by atoms with Gasteiger partial charge in [-0.05, 0) is 101 Å². The van der Waals surface area contributed by atoms with Crippen LogP contribution < -0.4 is 30.7 Å². The number of likely N-dealkylation sites (N-methyl/N-ethyl adjacent to an activating group) is 1. The van der Waals surface area contributed by atoms with Gasteiger partial charge >= 0.3 is 0 Å². The van der Waals surface area contributed by atoms with Gasteiger partial charge in [-0.25, -0.2) is 4.98 Å². The minimum Gasteiger partial charge on any atom is -0.492 e. The van der Waals surface area contributed by atoms with Gasteiger partial charge in [-0.15, -0.1) is 0 Å². The van der Waals surface area contributed by atoms with Crippen LogP contribution >= 0.6 is 55.9 Å². The topological polar surface area (TPSA) is 326 Å². The van der Waals surface area contributed by atoms with Gasteiger partial charge in [0.2, 0.25) is 17.2 Å². The number of halogens is 1. The Morgan fingerprint density at radius 3 is 2.32 bits per heavy atom. The van der Waals surface area contributed by atoms with Gasteiger partial charge in [-0.1, -0.05) is 76.1 Å². The number of carbonyl (C=O) groups excluding carboxylic acids is 3. The molecule has 0 amide bonds. The number of fused-ring (bicyclic) bond motifs is 2. The summed E-state index contributed by atoms with van der Waals surface area (Å²) in [6, 6.07) is 2.46. The van der Waals surface area contributed by atoms with Crippen LogP contribution in [-0.2, 0) is 57.1 Å². The minimum atomic E-state index is -2.05. The minimum absolute atomic E-state index is 0.0271. The zero-order chi connectivity index (χ0) is 66.2. The van der Waals surface area contributed by atoms with E-state index in [-0.39, 0.29) is 89.1 Å². The number of anilines is 1. The average molecular weight is 1440 g/mol. The second-order valence-corrected chi connectivity index (χ2v) is 28.4. The van der Waals surface area contributed by atoms with Crippen LogP contribution in [0.15, 0.2) is 53.3 Å². The van der Waals surface area contributed by atoms with Gasteiger partial charge in [0, 0.05) is 72.5 Å². The normalized spacial score (nSPS) is 34.3. The van der Waals surface area contributed by atoms with Crippen molar-refractivity contribution in [1.29, 1.82) is 0 Å². The van der Waals surface area contributed by atoms with Crippen molar-refractivity contribution in [1.82, 2.24) is 15.8 Å². The fourth-order valence-corrected chi connectivity index (χ4v) is 16.0. The maximum atomic E-state index is 14.5. The highest BCUT2D eigenvalue weighted by atomic mass is 127. The Morgan fingerprint density at radius 2 is 1.65 bits per heavy atom. The number of pyridine rings is 1. The number of hydroxylamine groups is 1. The number of carbonyl (C=O) groups is 3. The molecular formula is C63H83IN4O20S3. The molecule has 91 heavy (non-hydrogen) atoms. The molecule has 4 aliphatic heterocycles. The van der Waals surface area contributed by atoms with Crippen LogP contribution in [0, 0.1) is 34.2 Å². The number of aromatic nitrogens is 1. The van der Waals surface area contributed by atoms with Gasteiger partial charge in [-0.2, -0.15) is 5.48 Å². The molecule has 0 radical (unpaired) electrons. The highest BCUT2D eigenvalue weighted by Gasteiger charge is 2.52. The van der Waals surface area contributed by atoms with Crippen LogP contribution in [0.5, 0.6) is 17.2 Å². The summed E-state index contributed by atoms with van der Waals surface area (Å²) in [6.45, 7) is 14.8. The number of aliphatic hydroxyl groups excluding tert-OH is 4. The Labute approximate surface area is 556 Å². The number of nitrogens with zero attached hydrogens (tertiary/aromatic N) is 1. The fraction of sp³-hybridized carbons (Fsp3) is 0.619. The zero-order valence-electron chi connectivity index (χ0n) is 52.8. The first-order valence-corrected chi connectivity index (χ1v) is 34.1. The number of ketones is 2. The molecule has 5 heterocycles. The molecule has 1 aromatic heterocycles. The summed E-state index contributed by atoms with van der Waals surface area (Å²) in [4.78, 5) is 52.4. The maximum Gasteiger partial charge on any atom is 0.229 e. The molecule has 4 fully saturated rings. The van der Waals surface area contributed by atoms with E-state index in [0.717, 1.165) is 17.3 Å². The van der Waals surface area contributed by atoms with Crippen molar-refractivity contribution in [3.8, 4) is 40.9 Å². The van der Waals surface area contributed by atoms with E-state index in [1.54, 1.807) is 47.1 Å². The second kappa shape index (κ2) is 32.2. The Balaban J connectivity index is 1.03. The van der Waals surface area contributed by atoms with E-state index in [2.05, 4.69) is 39.5 Å². The average Bonchev–Trinajstić information content (AvgIpc) is 0.768. The third-order valence-corrected chi connectivity index (χ3v) is 22.3. The number of aliphatic hydroxyl groups is 5. The lowest BCUT2D eigenvalue weighted by molar-refractivity contribution is -0.336. The summed E-state index contributed by atoms with van der Waals surface area (Å²) in [6.07, 6.45) is -11.2. The van der Waals surface area contributed by atoms with Crippen molar-refractivity contribution in [2.75, 3.05) is 53.1 Å². The molecule has 0 unspecified atom stereocenters. The van der Waals surface area contributed by atoms with Crippen LogP contribution in [-0.4, -0.2) is 210 Å². The molecule has 2 aliphatic carbocycles. The van der Waals surface area contributed by atoms with Crippen molar-refractivity contribution in [2.24, 2.45) is 0 Å². The molecule has 24 nitrogen and oxygen atoms in total. The van der Waals surface area contributed by atoms with E-state index in [4.69, 9.17) is 62.7 Å². The quantitative estimate of drug-likeness (QED) is 0.0236. The van der Waals surface area contributed by atoms with Gasteiger partial charge in [-0.3, -0.25) is 19.2 Å². The number of rotatable bonds is 24. The Kier molecular flexibility index (Phi) is 25.8. The number of thioether (sulfide) groups is 1. The molecule has 2 aromatic rings. The molecular weight excluding hydrogens is 1360 g/mol. The van der Waals surface area contributed by atoms with Crippen molar-refractivity contribution in [3.05, 3.63) is 73.5 Å². The van der Waals surface area contributed by atoms with Gasteiger partial charge < -0.3 is 88.7 Å². The summed E-state index contributed by atoms with van der Waals surface area (Å²) in [5, 5.41) is 60.7. The number of nitrogen functional groups attached to an aromatic ring is 1. The lowest BCUT2D eigenvalue weighted by Crippen LogP contribution is -2.65. The van der Waals surface area contributed by atoms with Gasteiger partial charge in [0.1, 0.15) is 48.2 Å². The van der Waals surface area contributed by atoms with E-state index in [1.807, 2.05) is 55.5 Å². The van der Waals surface area contributed by atoms with Crippen LogP contribution in [0.25, 0.3) is 0 Å². The number of Topliss-reactive ketones (excluding diaryl/α,β-unsaturated/α-hetero) is 2. The number of nitrogens with two attached hydrogens (primary N) is 1. The number of hydrogen-bond donors (Lipinski definition) is 8. The smallest absolute Gasteiger partial charge is 0.229 e. The monoisotopic (exact) mass is 1440 g/mol. The molecule has 0 saturated carbocycles. The molecule has 0 spiro atoms. The summed E-state index contributed by atoms with van der Waals surface area (Å²) >= 11 is 2.83. The largest absolute Gasteiger partial charge is 0.492 e. The number of hydrogen-bond acceptors (Lipinski definition) is 27. The third kappa shape index (κ3) is 16.7. The number of ether oxygens (including phenoxy) is 11. The van der Waals surface area contributed by atoms with Crippen LogP contribution in [0.4, 0.5) is 5.82 Å². The lowest BCUT2D eigenvalue weighted by Gasteiger charge is -2.46. The highest BCUT2D eigenvalue weighted by Crippen LogP contribution is 2.50. The molecule has 2 bridgehead atoms. The number of nitrogens with one attached hydrogen (secondary N) is 2. The SMILES string of the molecule is CCN[C@H]1CO[C@@H](O[C@H]2[C@H](O[C@H]3C#C/C=C\C#C[C@]4(O)CC(=O)C(CC(C)=O)=C3/C4=C\CSSC(C)(C)c3cccnc3N)O[C@H](C)[C@@H](NO[C@H]3C[C@H](O)[C@H](SC(=O)c4c(C)c(I)c(O[C@@H]5O[C@@H](C)[C@H](O)[C@@H](OC)[C@H]5O)c(OC)c4OC)[C@@H](C)O3)[C@@H]2O)C[C@@H]1OC. The molecule has 500 valence electrons. The van der Waals surface area contributed by atoms with E-state index in [9.17, 15) is 39.9 Å². The van der Waals surface area contributed by atoms with Crippen LogP contribution in [0.2, 0.25) is 0 Å². The Morgan fingerprint density at radius 1 is 0.923 bits per heavy atom. The summed E-state index contributed by atoms with van der Waals surface area (Å²) < 4.78 is 67.6. The lowest BCUT2D eigenvalue weighted by atomic mass is 9.72. The zero-order valence-corrected chi connectivity index (χ0v) is 57.4. The van der Waals surface area contributed by atoms with Gasteiger partial charge in [0.15, 0.2) is 41.8 Å². The van der Waals surface area contributed by atoms with Crippen molar-refractivity contribution in [2.45, 2.75) is 201 Å². The van der Waals surface area contributed by atoms with E-state index < -0.39 is 125 Å². The first-order chi connectivity index (χ1) is 43.3. The molecule has 19 atom stereocenters. The van der Waals surface area contributed by atoms with Gasteiger partial charge in [0.05, 0.1) is 84.2 Å². The molecule has 4 saturated heterocycles. The van der Waals surface area contributed by atoms with Crippen molar-refractivity contribution < 1.29 is 96.9 Å². The molecule has 9 N–H and O–H groups in total. The van der Waals surface area contributed by atoms with E-state index in [0.29, 0.717) is 21.5 Å². The molecule has 8 rings (SSSR count). The third-order valence-electron chi connectivity index (χ3n) is 16.5. The Hall–Kier alpha value is -3.94. The first kappa shape index (κ1) is 72.9. The summed E-state index contributed by atoms with van der Waals surface area (Å²) in [5.41, 5.74) is 8.97. The maximum absolute atomic E-state index is 14.5. The predicted molar refractivity (Wildman–Crippen MR) is 348 cm³/mol. The predicted octanol–water partition coefficient (Wildman–Crippen LogP) is 4.50.